The van der Waals surface area contributed by atoms with Crippen LogP contribution in [0.4, 0.5) is 0 Å². The number of carbonyl (C=O) groups excluding carboxylic acids is 2. The highest BCUT2D eigenvalue weighted by molar-refractivity contribution is 5.69. The van der Waals surface area contributed by atoms with Crippen molar-refractivity contribution in [3.63, 3.8) is 0 Å². The van der Waals surface area contributed by atoms with Gasteiger partial charge in [-0.15, -0.1) is 0 Å². The van der Waals surface area contributed by atoms with E-state index in [0.29, 0.717) is 26.1 Å². The molecule has 0 aromatic heterocycles. The van der Waals surface area contributed by atoms with E-state index >= 15 is 0 Å². The van der Waals surface area contributed by atoms with Crippen molar-refractivity contribution in [3.05, 3.63) is 0 Å². The average molecular weight is 258 g/mol. The molecule has 0 aromatic rings. The normalized spacial score (nSPS) is 10.1. The van der Waals surface area contributed by atoms with Gasteiger partial charge < -0.3 is 9.47 Å². The van der Waals surface area contributed by atoms with Crippen LogP contribution in [0.2, 0.25) is 0 Å². The first-order valence-electron chi connectivity index (χ1n) is 7.02. The van der Waals surface area contributed by atoms with E-state index in [1.54, 1.807) is 0 Å². The van der Waals surface area contributed by atoms with Gasteiger partial charge >= 0.3 is 11.9 Å². The Morgan fingerprint density at radius 1 is 0.722 bits per heavy atom. The Kier molecular flexibility index (Phi) is 11.7. The number of rotatable bonds is 11. The Labute approximate surface area is 110 Å². The zero-order valence-corrected chi connectivity index (χ0v) is 11.7. The van der Waals surface area contributed by atoms with Gasteiger partial charge in [-0.3, -0.25) is 9.59 Å². The van der Waals surface area contributed by atoms with Crippen LogP contribution in [0.25, 0.3) is 0 Å². The molecule has 0 unspecified atom stereocenters. The van der Waals surface area contributed by atoms with Gasteiger partial charge in [0, 0.05) is 12.8 Å². The van der Waals surface area contributed by atoms with Crippen LogP contribution in [-0.4, -0.2) is 25.2 Å². The molecule has 0 atom stereocenters. The van der Waals surface area contributed by atoms with Gasteiger partial charge in [-0.1, -0.05) is 26.7 Å². The van der Waals surface area contributed by atoms with E-state index in [-0.39, 0.29) is 11.9 Å². The van der Waals surface area contributed by atoms with Gasteiger partial charge in [-0.2, -0.15) is 0 Å². The van der Waals surface area contributed by atoms with E-state index in [9.17, 15) is 9.59 Å². The van der Waals surface area contributed by atoms with Crippen LogP contribution in [0.1, 0.15) is 65.2 Å². The van der Waals surface area contributed by atoms with Gasteiger partial charge in [0.25, 0.3) is 0 Å². The molecule has 0 radical (unpaired) electrons. The predicted molar refractivity (Wildman–Crippen MR) is 70.2 cm³/mol. The molecule has 0 N–H and O–H groups in total. The zero-order chi connectivity index (χ0) is 13.6. The Hall–Kier alpha value is -1.06. The first-order valence-corrected chi connectivity index (χ1v) is 7.02. The third kappa shape index (κ3) is 11.4. The van der Waals surface area contributed by atoms with Crippen molar-refractivity contribution >= 4 is 11.9 Å². The van der Waals surface area contributed by atoms with E-state index in [2.05, 4.69) is 6.92 Å². The summed E-state index contributed by atoms with van der Waals surface area (Å²) in [6.07, 6.45) is 6.39. The topological polar surface area (TPSA) is 52.6 Å². The van der Waals surface area contributed by atoms with E-state index < -0.39 is 0 Å². The highest BCUT2D eigenvalue weighted by Crippen LogP contribution is 2.01. The van der Waals surface area contributed by atoms with Crippen molar-refractivity contribution in [2.75, 3.05) is 13.2 Å². The number of ether oxygens (including phenoxy) is 2. The van der Waals surface area contributed by atoms with Crippen LogP contribution >= 0.6 is 0 Å². The lowest BCUT2D eigenvalue weighted by molar-refractivity contribution is -0.146. The average Bonchev–Trinajstić information content (AvgIpc) is 2.34. The third-order valence-electron chi connectivity index (χ3n) is 2.50. The molecule has 0 fully saturated rings. The van der Waals surface area contributed by atoms with Crippen LogP contribution in [0.5, 0.6) is 0 Å². The van der Waals surface area contributed by atoms with Gasteiger partial charge in [-0.25, -0.2) is 0 Å². The van der Waals surface area contributed by atoms with Crippen LogP contribution in [0.15, 0.2) is 0 Å². The molecule has 106 valence electrons. The fraction of sp³-hybridized carbons (Fsp3) is 0.857. The van der Waals surface area contributed by atoms with Gasteiger partial charge in [-0.05, 0) is 25.7 Å². The molecule has 0 saturated carbocycles. The summed E-state index contributed by atoms with van der Waals surface area (Å²) in [6.45, 7) is 4.90. The maximum atomic E-state index is 11.2. The molecule has 0 bridgehead atoms. The van der Waals surface area contributed by atoms with E-state index in [1.807, 2.05) is 6.92 Å². The van der Waals surface area contributed by atoms with Crippen LogP contribution in [-0.2, 0) is 19.1 Å². The Morgan fingerprint density at radius 2 is 1.28 bits per heavy atom. The molecule has 4 nitrogen and oxygen atoms in total. The summed E-state index contributed by atoms with van der Waals surface area (Å²) >= 11 is 0. The van der Waals surface area contributed by atoms with Gasteiger partial charge in [0.2, 0.25) is 0 Å². The molecule has 0 spiro atoms. The van der Waals surface area contributed by atoms with Crippen LogP contribution < -0.4 is 0 Å². The SMILES string of the molecule is CCCCCC(=O)OCCCCOC(=O)CCC. The van der Waals surface area contributed by atoms with Crippen molar-refractivity contribution in [1.29, 1.82) is 0 Å². The Morgan fingerprint density at radius 3 is 1.78 bits per heavy atom. The predicted octanol–water partition coefficient (Wildman–Crippen LogP) is 3.23. The lowest BCUT2D eigenvalue weighted by Gasteiger charge is -2.05. The maximum Gasteiger partial charge on any atom is 0.305 e. The number of hydrogen-bond acceptors (Lipinski definition) is 4. The minimum Gasteiger partial charge on any atom is -0.466 e. The summed E-state index contributed by atoms with van der Waals surface area (Å²) in [5, 5.41) is 0. The Balaban J connectivity index is 3.24. The summed E-state index contributed by atoms with van der Waals surface area (Å²) in [7, 11) is 0. The van der Waals surface area contributed by atoms with Gasteiger partial charge in [0.15, 0.2) is 0 Å². The molecule has 0 rings (SSSR count). The monoisotopic (exact) mass is 258 g/mol. The van der Waals surface area contributed by atoms with Crippen molar-refractivity contribution in [2.24, 2.45) is 0 Å². The van der Waals surface area contributed by atoms with E-state index in [0.717, 1.165) is 38.5 Å². The van der Waals surface area contributed by atoms with Gasteiger partial charge in [0.05, 0.1) is 13.2 Å². The quantitative estimate of drug-likeness (QED) is 0.422. The van der Waals surface area contributed by atoms with Crippen molar-refractivity contribution in [1.82, 2.24) is 0 Å². The van der Waals surface area contributed by atoms with Crippen LogP contribution in [0.3, 0.4) is 0 Å². The number of carbonyl (C=O) groups is 2. The number of unbranched alkanes of at least 4 members (excludes halogenated alkanes) is 3. The lowest BCUT2D eigenvalue weighted by atomic mass is 10.2. The second-order valence-corrected chi connectivity index (χ2v) is 4.36. The van der Waals surface area contributed by atoms with Crippen molar-refractivity contribution in [2.45, 2.75) is 65.2 Å². The zero-order valence-electron chi connectivity index (χ0n) is 11.7. The second-order valence-electron chi connectivity index (χ2n) is 4.36. The van der Waals surface area contributed by atoms with Crippen molar-refractivity contribution < 1.29 is 19.1 Å². The summed E-state index contributed by atoms with van der Waals surface area (Å²) in [5.74, 6) is -0.263. The summed E-state index contributed by atoms with van der Waals surface area (Å²) < 4.78 is 10.1. The minimum absolute atomic E-state index is 0.119. The molecule has 18 heavy (non-hydrogen) atoms. The highest BCUT2D eigenvalue weighted by atomic mass is 16.5. The standard InChI is InChI=1S/C14H26O4/c1-3-5-6-10-14(16)18-12-8-7-11-17-13(15)9-4-2/h3-12H2,1-2H3. The fourth-order valence-electron chi connectivity index (χ4n) is 1.44. The number of esters is 2. The summed E-state index contributed by atoms with van der Waals surface area (Å²) in [5.41, 5.74) is 0. The molecule has 0 aromatic carbocycles. The molecule has 0 saturated heterocycles. The highest BCUT2D eigenvalue weighted by Gasteiger charge is 2.03. The largest absolute Gasteiger partial charge is 0.466 e. The van der Waals surface area contributed by atoms with Crippen LogP contribution in [0, 0.1) is 0 Å². The molecular weight excluding hydrogens is 232 g/mol. The van der Waals surface area contributed by atoms with Gasteiger partial charge in [0.1, 0.15) is 0 Å². The molecule has 0 amide bonds. The molecule has 0 aliphatic rings. The summed E-state index contributed by atoms with van der Waals surface area (Å²) in [6, 6.07) is 0. The molecule has 0 aliphatic heterocycles. The first-order chi connectivity index (χ1) is 8.70. The molecule has 4 heteroatoms. The fourth-order valence-corrected chi connectivity index (χ4v) is 1.44. The third-order valence-corrected chi connectivity index (χ3v) is 2.50. The maximum absolute atomic E-state index is 11.2. The number of hydrogen-bond donors (Lipinski definition) is 0. The Bertz CT molecular complexity index is 226. The first kappa shape index (κ1) is 16.9. The molecular formula is C14H26O4. The molecule has 0 aliphatic carbocycles. The molecule has 0 heterocycles. The lowest BCUT2D eigenvalue weighted by Crippen LogP contribution is -2.08. The smallest absolute Gasteiger partial charge is 0.305 e. The van der Waals surface area contributed by atoms with E-state index in [1.165, 1.54) is 0 Å². The minimum atomic E-state index is -0.144. The van der Waals surface area contributed by atoms with Crippen molar-refractivity contribution in [3.8, 4) is 0 Å². The van der Waals surface area contributed by atoms with E-state index in [4.69, 9.17) is 9.47 Å². The second kappa shape index (κ2) is 12.4. The summed E-state index contributed by atoms with van der Waals surface area (Å²) in [4.78, 5) is 22.3.